The van der Waals surface area contributed by atoms with Crippen molar-refractivity contribution >= 4 is 5.91 Å². The van der Waals surface area contributed by atoms with Crippen LogP contribution in [-0.4, -0.2) is 41.4 Å². The summed E-state index contributed by atoms with van der Waals surface area (Å²) in [7, 11) is 0. The van der Waals surface area contributed by atoms with Gasteiger partial charge in [0.1, 0.15) is 5.54 Å². The number of nitrogens with one attached hydrogen (secondary N) is 1. The molecule has 2 fully saturated rings. The van der Waals surface area contributed by atoms with Gasteiger partial charge in [0.15, 0.2) is 0 Å². The van der Waals surface area contributed by atoms with Gasteiger partial charge >= 0.3 is 0 Å². The second-order valence-electron chi connectivity index (χ2n) is 7.16. The Balaban J connectivity index is 2.08. The zero-order chi connectivity index (χ0) is 15.2. The molecule has 1 amide bonds. The molecule has 4 N–H and O–H groups in total. The second kappa shape index (κ2) is 4.97. The Bertz CT molecular complexity index is 395. The lowest BCUT2D eigenvalue weighted by Gasteiger charge is -2.65. The van der Waals surface area contributed by atoms with Crippen LogP contribution >= 0.6 is 0 Å². The molecule has 1 heterocycles. The van der Waals surface area contributed by atoms with Crippen LogP contribution in [-0.2, 0) is 9.53 Å². The van der Waals surface area contributed by atoms with Crippen molar-refractivity contribution < 1.29 is 14.6 Å². The summed E-state index contributed by atoms with van der Waals surface area (Å²) < 4.78 is 5.79. The molecular weight excluding hydrogens is 256 g/mol. The minimum absolute atomic E-state index is 0.0682. The fourth-order valence-corrected chi connectivity index (χ4v) is 3.58. The van der Waals surface area contributed by atoms with Crippen LogP contribution in [0.3, 0.4) is 0 Å². The Hall–Kier alpha value is -0.650. The highest BCUT2D eigenvalue weighted by atomic mass is 16.5. The van der Waals surface area contributed by atoms with Crippen molar-refractivity contribution in [2.75, 3.05) is 13.2 Å². The van der Waals surface area contributed by atoms with Gasteiger partial charge in [-0.05, 0) is 26.2 Å². The fraction of sp³-hybridized carbons (Fsp3) is 0.933. The lowest BCUT2D eigenvalue weighted by molar-refractivity contribution is -0.225. The summed E-state index contributed by atoms with van der Waals surface area (Å²) in [4.78, 5) is 12.6. The van der Waals surface area contributed by atoms with Gasteiger partial charge in [-0.1, -0.05) is 20.8 Å². The molecule has 1 saturated carbocycles. The van der Waals surface area contributed by atoms with Gasteiger partial charge in [-0.25, -0.2) is 0 Å². The minimum Gasteiger partial charge on any atom is -0.388 e. The van der Waals surface area contributed by atoms with Gasteiger partial charge in [-0.3, -0.25) is 4.79 Å². The first kappa shape index (κ1) is 15.7. The van der Waals surface area contributed by atoms with E-state index in [2.05, 4.69) is 5.32 Å². The molecule has 0 aromatic heterocycles. The topological polar surface area (TPSA) is 84.6 Å². The molecule has 4 unspecified atom stereocenters. The smallest absolute Gasteiger partial charge is 0.241 e. The average molecular weight is 284 g/mol. The van der Waals surface area contributed by atoms with Crippen LogP contribution in [0.2, 0.25) is 0 Å². The highest BCUT2D eigenvalue weighted by Gasteiger charge is 2.70. The van der Waals surface area contributed by atoms with E-state index in [0.29, 0.717) is 6.42 Å². The highest BCUT2D eigenvalue weighted by molar-refractivity contribution is 5.89. The molecule has 0 aromatic rings. The molecule has 2 rings (SSSR count). The van der Waals surface area contributed by atoms with E-state index in [-0.39, 0.29) is 29.9 Å². The Morgan fingerprint density at radius 1 is 1.55 bits per heavy atom. The summed E-state index contributed by atoms with van der Waals surface area (Å²) in [5.41, 5.74) is 4.31. The first-order valence-electron chi connectivity index (χ1n) is 7.58. The van der Waals surface area contributed by atoms with E-state index < -0.39 is 11.1 Å². The molecule has 116 valence electrons. The highest BCUT2D eigenvalue weighted by Crippen LogP contribution is 2.57. The first-order valence-corrected chi connectivity index (χ1v) is 7.58. The third kappa shape index (κ3) is 2.16. The molecular formula is C15H28N2O3. The maximum Gasteiger partial charge on any atom is 0.241 e. The Kier molecular flexibility index (Phi) is 3.91. The van der Waals surface area contributed by atoms with Gasteiger partial charge in [-0.2, -0.15) is 0 Å². The normalized spacial score (nSPS) is 38.3. The summed E-state index contributed by atoms with van der Waals surface area (Å²) >= 11 is 0. The SMILES string of the molecule is CCC(C)(O)CNC(=O)C1(N)C2CCCOC2C1(C)C. The van der Waals surface area contributed by atoms with Gasteiger partial charge < -0.3 is 20.9 Å². The maximum absolute atomic E-state index is 12.6. The van der Waals surface area contributed by atoms with Crippen LogP contribution < -0.4 is 11.1 Å². The number of rotatable bonds is 4. The van der Waals surface area contributed by atoms with Crippen molar-refractivity contribution in [2.24, 2.45) is 17.1 Å². The van der Waals surface area contributed by atoms with Crippen molar-refractivity contribution in [3.63, 3.8) is 0 Å². The number of carbonyl (C=O) groups is 1. The number of carbonyl (C=O) groups excluding carboxylic acids is 1. The maximum atomic E-state index is 12.6. The zero-order valence-corrected chi connectivity index (χ0v) is 13.0. The van der Waals surface area contributed by atoms with Gasteiger partial charge in [0, 0.05) is 24.5 Å². The van der Waals surface area contributed by atoms with E-state index in [4.69, 9.17) is 10.5 Å². The minimum atomic E-state index is -0.901. The molecule has 5 heteroatoms. The van der Waals surface area contributed by atoms with Crippen LogP contribution in [0.5, 0.6) is 0 Å². The monoisotopic (exact) mass is 284 g/mol. The number of hydrogen-bond donors (Lipinski definition) is 3. The predicted octanol–water partition coefficient (Wildman–Crippen LogP) is 0.796. The second-order valence-corrected chi connectivity index (χ2v) is 7.16. The van der Waals surface area contributed by atoms with E-state index in [0.717, 1.165) is 19.4 Å². The molecule has 0 aromatic carbocycles. The van der Waals surface area contributed by atoms with Gasteiger partial charge in [0.2, 0.25) is 5.91 Å². The molecule has 5 nitrogen and oxygen atoms in total. The van der Waals surface area contributed by atoms with Crippen molar-refractivity contribution in [3.05, 3.63) is 0 Å². The molecule has 2 aliphatic rings. The van der Waals surface area contributed by atoms with Crippen molar-refractivity contribution in [3.8, 4) is 0 Å². The zero-order valence-electron chi connectivity index (χ0n) is 13.0. The summed E-state index contributed by atoms with van der Waals surface area (Å²) in [6.45, 7) is 8.59. The summed E-state index contributed by atoms with van der Waals surface area (Å²) in [6.07, 6.45) is 2.54. The quantitative estimate of drug-likeness (QED) is 0.713. The lowest BCUT2D eigenvalue weighted by atomic mass is 9.46. The Labute approximate surface area is 121 Å². The third-order valence-electron chi connectivity index (χ3n) is 5.45. The molecule has 1 aliphatic carbocycles. The van der Waals surface area contributed by atoms with Crippen molar-refractivity contribution in [1.82, 2.24) is 5.32 Å². The van der Waals surface area contributed by atoms with Crippen molar-refractivity contribution in [2.45, 2.75) is 64.2 Å². The van der Waals surface area contributed by atoms with Crippen LogP contribution in [0.15, 0.2) is 0 Å². The Morgan fingerprint density at radius 2 is 2.20 bits per heavy atom. The van der Waals surface area contributed by atoms with Crippen LogP contribution in [0, 0.1) is 11.3 Å². The van der Waals surface area contributed by atoms with Crippen LogP contribution in [0.25, 0.3) is 0 Å². The summed E-state index contributed by atoms with van der Waals surface area (Å²) in [5, 5.41) is 12.8. The Morgan fingerprint density at radius 3 is 2.80 bits per heavy atom. The number of fused-ring (bicyclic) bond motifs is 1. The average Bonchev–Trinajstić information content (AvgIpc) is 2.43. The van der Waals surface area contributed by atoms with Crippen LogP contribution in [0.1, 0.15) is 47.0 Å². The van der Waals surface area contributed by atoms with Crippen LogP contribution in [0.4, 0.5) is 0 Å². The number of aliphatic hydroxyl groups is 1. The molecule has 20 heavy (non-hydrogen) atoms. The number of ether oxygens (including phenoxy) is 1. The first-order chi connectivity index (χ1) is 9.17. The van der Waals surface area contributed by atoms with Gasteiger partial charge in [0.05, 0.1) is 11.7 Å². The number of amides is 1. The standard InChI is InChI=1S/C15H28N2O3/c1-5-14(4,19)9-17-12(18)15(16)10-7-6-8-20-11(10)13(15,2)3/h10-11,19H,5-9,16H2,1-4H3,(H,17,18). The van der Waals surface area contributed by atoms with E-state index in [1.807, 2.05) is 20.8 Å². The molecule has 0 spiro atoms. The summed E-state index contributed by atoms with van der Waals surface area (Å²) in [5.74, 6) is -0.0826. The van der Waals surface area contributed by atoms with Crippen molar-refractivity contribution in [1.29, 1.82) is 0 Å². The molecule has 0 radical (unpaired) electrons. The lowest BCUT2D eigenvalue weighted by Crippen LogP contribution is -2.82. The molecule has 0 bridgehead atoms. The van der Waals surface area contributed by atoms with E-state index >= 15 is 0 Å². The largest absolute Gasteiger partial charge is 0.388 e. The molecule has 4 atom stereocenters. The molecule has 1 aliphatic heterocycles. The van der Waals surface area contributed by atoms with E-state index in [9.17, 15) is 9.90 Å². The van der Waals surface area contributed by atoms with Gasteiger partial charge in [-0.15, -0.1) is 0 Å². The summed E-state index contributed by atoms with van der Waals surface area (Å²) in [6, 6.07) is 0. The predicted molar refractivity (Wildman–Crippen MR) is 77.1 cm³/mol. The number of nitrogens with two attached hydrogens (primary N) is 1. The molecule has 1 saturated heterocycles. The fourth-order valence-electron chi connectivity index (χ4n) is 3.58. The van der Waals surface area contributed by atoms with Gasteiger partial charge in [0.25, 0.3) is 0 Å². The van der Waals surface area contributed by atoms with E-state index in [1.54, 1.807) is 6.92 Å². The number of hydrogen-bond acceptors (Lipinski definition) is 4. The van der Waals surface area contributed by atoms with E-state index in [1.165, 1.54) is 0 Å². The third-order valence-corrected chi connectivity index (χ3v) is 5.45.